The minimum absolute atomic E-state index is 0.0207. The highest BCUT2D eigenvalue weighted by molar-refractivity contribution is 6.06. The number of aromatic amines is 1. The minimum Gasteiger partial charge on any atom is -0.357 e. The zero-order valence-corrected chi connectivity index (χ0v) is 14.2. The third kappa shape index (κ3) is 2.29. The summed E-state index contributed by atoms with van der Waals surface area (Å²) in [6.07, 6.45) is 12.7. The molecular weight excluding hydrogens is 314 g/mol. The van der Waals surface area contributed by atoms with Gasteiger partial charge in [0.2, 0.25) is 0 Å². The zero-order valence-electron chi connectivity index (χ0n) is 14.2. The molecule has 2 fully saturated rings. The molecule has 5 nitrogen and oxygen atoms in total. The number of aryl methyl sites for hydroxylation is 1. The van der Waals surface area contributed by atoms with E-state index in [0.717, 1.165) is 31.3 Å². The number of nitrogens with zero attached hydrogens (tertiary/aromatic N) is 2. The maximum atomic E-state index is 13.1. The van der Waals surface area contributed by atoms with Crippen molar-refractivity contribution in [2.45, 2.75) is 12.8 Å². The minimum atomic E-state index is -0.104. The molecule has 3 atom stereocenters. The molecule has 5 heteroatoms. The number of likely N-dealkylation sites (tertiary alicyclic amines) is 1. The molecule has 0 spiro atoms. The first kappa shape index (κ1) is 14.8. The van der Waals surface area contributed by atoms with Gasteiger partial charge in [0.1, 0.15) is 5.52 Å². The number of rotatable bonds is 2. The van der Waals surface area contributed by atoms with Crippen molar-refractivity contribution in [2.24, 2.45) is 24.8 Å². The molecule has 1 saturated carbocycles. The number of nitrogens with one attached hydrogen (secondary N) is 1. The van der Waals surface area contributed by atoms with Crippen molar-refractivity contribution in [1.82, 2.24) is 14.5 Å². The van der Waals surface area contributed by atoms with Crippen molar-refractivity contribution in [3.63, 3.8) is 0 Å². The summed E-state index contributed by atoms with van der Waals surface area (Å²) < 4.78 is 1.49. The molecule has 1 amide bonds. The average Bonchev–Trinajstić information content (AvgIpc) is 3.00. The van der Waals surface area contributed by atoms with Gasteiger partial charge < -0.3 is 14.5 Å². The summed E-state index contributed by atoms with van der Waals surface area (Å²) in [4.78, 5) is 30.2. The highest BCUT2D eigenvalue weighted by atomic mass is 16.2. The van der Waals surface area contributed by atoms with Crippen molar-refractivity contribution >= 4 is 16.8 Å². The zero-order chi connectivity index (χ0) is 17.1. The Bertz CT molecular complexity index is 994. The Kier molecular flexibility index (Phi) is 3.08. The number of aromatic nitrogens is 2. The molecule has 3 unspecified atom stereocenters. The molecule has 2 aromatic rings. The van der Waals surface area contributed by atoms with Gasteiger partial charge in [0.05, 0.1) is 5.56 Å². The van der Waals surface area contributed by atoms with Crippen LogP contribution in [0, 0.1) is 17.8 Å². The third-order valence-corrected chi connectivity index (χ3v) is 5.90. The summed E-state index contributed by atoms with van der Waals surface area (Å²) in [5.74, 6) is 1.98. The summed E-state index contributed by atoms with van der Waals surface area (Å²) in [6, 6.07) is 1.82. The number of fused-ring (bicyclic) bond motifs is 2. The molecule has 5 rings (SSSR count). The predicted molar refractivity (Wildman–Crippen MR) is 96.4 cm³/mol. The number of carbonyl (C=O) groups excluding carboxylic acids is 1. The van der Waals surface area contributed by atoms with Crippen LogP contribution in [-0.2, 0) is 7.05 Å². The third-order valence-electron chi connectivity index (χ3n) is 5.90. The van der Waals surface area contributed by atoms with Crippen molar-refractivity contribution in [3.8, 4) is 0 Å². The van der Waals surface area contributed by atoms with Crippen LogP contribution in [0.2, 0.25) is 0 Å². The van der Waals surface area contributed by atoms with Crippen LogP contribution in [0.1, 0.15) is 23.2 Å². The normalized spacial score (nSPS) is 27.5. The van der Waals surface area contributed by atoms with E-state index in [1.807, 2.05) is 11.0 Å². The van der Waals surface area contributed by atoms with E-state index in [4.69, 9.17) is 0 Å². The predicted octanol–water partition coefficient (Wildman–Crippen LogP) is 2.46. The Balaban J connectivity index is 1.42. The lowest BCUT2D eigenvalue weighted by molar-refractivity contribution is 0.0790. The van der Waals surface area contributed by atoms with Crippen molar-refractivity contribution < 1.29 is 4.79 Å². The molecule has 1 N–H and O–H groups in total. The number of carbonyl (C=O) groups is 1. The Hall–Kier alpha value is -2.56. The van der Waals surface area contributed by atoms with Crippen LogP contribution in [0.5, 0.6) is 0 Å². The quantitative estimate of drug-likeness (QED) is 0.916. The second-order valence-electron chi connectivity index (χ2n) is 7.55. The Labute approximate surface area is 145 Å². The Morgan fingerprint density at radius 1 is 1.32 bits per heavy atom. The number of hydrogen-bond acceptors (Lipinski definition) is 2. The van der Waals surface area contributed by atoms with E-state index in [0.29, 0.717) is 22.4 Å². The van der Waals surface area contributed by atoms with Gasteiger partial charge in [-0.2, -0.15) is 0 Å². The number of H-pyrrole nitrogens is 1. The first-order valence-corrected chi connectivity index (χ1v) is 8.98. The lowest BCUT2D eigenvalue weighted by Crippen LogP contribution is -2.30. The standard InChI is InChI=1S/C20H21N3O2/c1-22-11-17(16-4-6-21-18(16)20(22)25)19(24)23-7-5-14(10-23)12-2-3-13-9-15(13)8-12/h2-4,6,8,11,13-15,21H,5,7,9-10H2,1H3. The van der Waals surface area contributed by atoms with Gasteiger partial charge in [-0.15, -0.1) is 0 Å². The maximum absolute atomic E-state index is 13.1. The number of hydrogen-bond donors (Lipinski definition) is 1. The van der Waals surface area contributed by atoms with Crippen molar-refractivity contribution in [2.75, 3.05) is 13.1 Å². The lowest BCUT2D eigenvalue weighted by atomic mass is 9.93. The molecule has 128 valence electrons. The summed E-state index contributed by atoms with van der Waals surface area (Å²) >= 11 is 0. The second-order valence-corrected chi connectivity index (χ2v) is 7.55. The van der Waals surface area contributed by atoms with Crippen LogP contribution < -0.4 is 5.56 Å². The summed E-state index contributed by atoms with van der Waals surface area (Å²) in [7, 11) is 1.69. The van der Waals surface area contributed by atoms with E-state index in [2.05, 4.69) is 23.2 Å². The van der Waals surface area contributed by atoms with Crippen molar-refractivity contribution in [3.05, 3.63) is 58.2 Å². The van der Waals surface area contributed by atoms with Crippen LogP contribution in [-0.4, -0.2) is 33.4 Å². The van der Waals surface area contributed by atoms with Gasteiger partial charge in [0, 0.05) is 43.8 Å². The van der Waals surface area contributed by atoms with E-state index >= 15 is 0 Å². The molecule has 25 heavy (non-hydrogen) atoms. The molecule has 0 bridgehead atoms. The van der Waals surface area contributed by atoms with E-state index in [-0.39, 0.29) is 11.5 Å². The first-order chi connectivity index (χ1) is 12.1. The molecule has 2 aromatic heterocycles. The van der Waals surface area contributed by atoms with E-state index in [9.17, 15) is 9.59 Å². The van der Waals surface area contributed by atoms with E-state index in [1.54, 1.807) is 19.4 Å². The van der Waals surface area contributed by atoms with Gasteiger partial charge in [0.25, 0.3) is 11.5 Å². The van der Waals surface area contributed by atoms with Gasteiger partial charge in [-0.05, 0) is 36.3 Å². The molecule has 3 aliphatic rings. The topological polar surface area (TPSA) is 58.1 Å². The van der Waals surface area contributed by atoms with Gasteiger partial charge >= 0.3 is 0 Å². The summed E-state index contributed by atoms with van der Waals surface area (Å²) in [6.45, 7) is 1.54. The van der Waals surface area contributed by atoms with Gasteiger partial charge in [0.15, 0.2) is 0 Å². The van der Waals surface area contributed by atoms with E-state index in [1.165, 1.54) is 16.6 Å². The van der Waals surface area contributed by atoms with Crippen molar-refractivity contribution in [1.29, 1.82) is 0 Å². The monoisotopic (exact) mass is 335 g/mol. The first-order valence-electron chi connectivity index (χ1n) is 8.98. The van der Waals surface area contributed by atoms with Crippen LogP contribution in [0.25, 0.3) is 10.9 Å². The number of amides is 1. The van der Waals surface area contributed by atoms with E-state index < -0.39 is 0 Å². The molecule has 2 aliphatic carbocycles. The van der Waals surface area contributed by atoms with Gasteiger partial charge in [-0.1, -0.05) is 18.2 Å². The van der Waals surface area contributed by atoms with Gasteiger partial charge in [-0.3, -0.25) is 9.59 Å². The van der Waals surface area contributed by atoms with Crippen LogP contribution in [0.3, 0.4) is 0 Å². The SMILES string of the molecule is Cn1cc(C(=O)N2CCC(C3=CC4CC4C=C3)C2)c2cc[nH]c2c1=O. The Morgan fingerprint density at radius 3 is 3.04 bits per heavy atom. The average molecular weight is 335 g/mol. The highest BCUT2D eigenvalue weighted by Crippen LogP contribution is 2.46. The van der Waals surface area contributed by atoms with Crippen LogP contribution in [0.15, 0.2) is 47.1 Å². The molecule has 0 aromatic carbocycles. The maximum Gasteiger partial charge on any atom is 0.274 e. The summed E-state index contributed by atoms with van der Waals surface area (Å²) in [5.41, 5.74) is 2.41. The second kappa shape index (κ2) is 5.22. The molecule has 1 aliphatic heterocycles. The fourth-order valence-corrected chi connectivity index (χ4v) is 4.28. The van der Waals surface area contributed by atoms with Gasteiger partial charge in [-0.25, -0.2) is 0 Å². The number of pyridine rings is 1. The fourth-order valence-electron chi connectivity index (χ4n) is 4.28. The largest absolute Gasteiger partial charge is 0.357 e. The van der Waals surface area contributed by atoms with Crippen LogP contribution >= 0.6 is 0 Å². The summed E-state index contributed by atoms with van der Waals surface area (Å²) in [5, 5.41) is 0.717. The van der Waals surface area contributed by atoms with Crippen LogP contribution in [0.4, 0.5) is 0 Å². The highest BCUT2D eigenvalue weighted by Gasteiger charge is 2.37. The molecule has 1 saturated heterocycles. The molecular formula is C20H21N3O2. The number of allylic oxidation sites excluding steroid dienone is 3. The molecule has 0 radical (unpaired) electrons. The lowest BCUT2D eigenvalue weighted by Gasteiger charge is -2.19. The smallest absolute Gasteiger partial charge is 0.274 e. The molecule has 3 heterocycles. The Morgan fingerprint density at radius 2 is 2.20 bits per heavy atom. The fraction of sp³-hybridized carbons (Fsp3) is 0.400.